The van der Waals surface area contributed by atoms with Crippen LogP contribution in [0, 0.1) is 0 Å². The Morgan fingerprint density at radius 2 is 2.04 bits per heavy atom. The molecule has 8 nitrogen and oxygen atoms in total. The van der Waals surface area contributed by atoms with Crippen LogP contribution >= 0.6 is 0 Å². The molecule has 8 heteroatoms. The Hall–Kier alpha value is -3.52. The van der Waals surface area contributed by atoms with E-state index in [2.05, 4.69) is 15.3 Å². The van der Waals surface area contributed by atoms with Gasteiger partial charge in [-0.25, -0.2) is 9.97 Å². The van der Waals surface area contributed by atoms with Crippen LogP contribution in [0.1, 0.15) is 34.8 Å². The zero-order valence-corrected chi connectivity index (χ0v) is 14.5. The van der Waals surface area contributed by atoms with Crippen molar-refractivity contribution >= 4 is 17.2 Å². The second-order valence-electron chi connectivity index (χ2n) is 6.23. The summed E-state index contributed by atoms with van der Waals surface area (Å²) >= 11 is 0. The molecule has 4 heterocycles. The van der Waals surface area contributed by atoms with Crippen LogP contribution in [0.4, 0.5) is 0 Å². The lowest BCUT2D eigenvalue weighted by molar-refractivity contribution is 0.0945. The summed E-state index contributed by atoms with van der Waals surface area (Å²) in [6.07, 6.45) is 4.61. The lowest BCUT2D eigenvalue weighted by atomic mass is 10.2. The monoisotopic (exact) mass is 363 g/mol. The number of nitrogens with one attached hydrogen (secondary N) is 1. The van der Waals surface area contributed by atoms with E-state index in [1.54, 1.807) is 54.2 Å². The van der Waals surface area contributed by atoms with Crippen LogP contribution in [0.3, 0.4) is 0 Å². The standard InChI is InChI=1S/C19H17N5O3/c1-12(25)13-5-6-16-21-14(11-23(16)10-13)9-20-19(27)15-8-18(26)24-7-3-2-4-17(24)22-15/h2-8,10-12,25H,9H2,1H3,(H,20,27). The Balaban J connectivity index is 1.54. The highest BCUT2D eigenvalue weighted by atomic mass is 16.3. The molecular formula is C19H17N5O3. The van der Waals surface area contributed by atoms with Crippen LogP contribution in [-0.2, 0) is 6.54 Å². The molecule has 0 radical (unpaired) electrons. The number of nitrogens with zero attached hydrogens (tertiary/aromatic N) is 4. The van der Waals surface area contributed by atoms with Crippen molar-refractivity contribution in [3.63, 3.8) is 0 Å². The highest BCUT2D eigenvalue weighted by molar-refractivity contribution is 5.92. The van der Waals surface area contributed by atoms with Crippen molar-refractivity contribution in [2.75, 3.05) is 0 Å². The molecule has 0 aliphatic heterocycles. The number of aromatic nitrogens is 4. The van der Waals surface area contributed by atoms with Gasteiger partial charge in [0, 0.05) is 24.7 Å². The van der Waals surface area contributed by atoms with Crippen molar-refractivity contribution in [3.05, 3.63) is 82.3 Å². The van der Waals surface area contributed by atoms with Gasteiger partial charge in [-0.15, -0.1) is 0 Å². The van der Waals surface area contributed by atoms with E-state index in [0.717, 1.165) is 5.56 Å². The number of carbonyl (C=O) groups excluding carboxylic acids is 1. The molecule has 0 saturated carbocycles. The van der Waals surface area contributed by atoms with Gasteiger partial charge in [0.05, 0.1) is 18.3 Å². The van der Waals surface area contributed by atoms with Gasteiger partial charge in [-0.1, -0.05) is 12.1 Å². The Labute approximate surface area is 153 Å². The Bertz CT molecular complexity index is 1210. The third-order valence-electron chi connectivity index (χ3n) is 4.24. The number of aliphatic hydroxyl groups is 1. The summed E-state index contributed by atoms with van der Waals surface area (Å²) in [5.41, 5.74) is 2.30. The minimum absolute atomic E-state index is 0.0614. The number of pyridine rings is 2. The molecule has 4 rings (SSSR count). The molecule has 1 atom stereocenters. The van der Waals surface area contributed by atoms with Crippen molar-refractivity contribution in [2.45, 2.75) is 19.6 Å². The van der Waals surface area contributed by atoms with E-state index in [4.69, 9.17) is 0 Å². The fourth-order valence-electron chi connectivity index (χ4n) is 2.83. The van der Waals surface area contributed by atoms with Crippen molar-refractivity contribution in [1.82, 2.24) is 24.1 Å². The van der Waals surface area contributed by atoms with Gasteiger partial charge in [0.15, 0.2) is 0 Å². The second-order valence-corrected chi connectivity index (χ2v) is 6.23. The van der Waals surface area contributed by atoms with E-state index in [-0.39, 0.29) is 17.8 Å². The van der Waals surface area contributed by atoms with Crippen LogP contribution in [0.25, 0.3) is 11.3 Å². The lowest BCUT2D eigenvalue weighted by Crippen LogP contribution is -2.27. The number of fused-ring (bicyclic) bond motifs is 2. The summed E-state index contributed by atoms with van der Waals surface area (Å²) in [7, 11) is 0. The van der Waals surface area contributed by atoms with Gasteiger partial charge in [-0.3, -0.25) is 14.0 Å². The van der Waals surface area contributed by atoms with E-state index in [1.165, 1.54) is 10.5 Å². The molecular weight excluding hydrogens is 346 g/mol. The summed E-state index contributed by atoms with van der Waals surface area (Å²) < 4.78 is 3.17. The Morgan fingerprint density at radius 3 is 2.85 bits per heavy atom. The van der Waals surface area contributed by atoms with Gasteiger partial charge in [-0.2, -0.15) is 0 Å². The number of amides is 1. The maximum atomic E-state index is 12.4. The number of rotatable bonds is 4. The zero-order chi connectivity index (χ0) is 19.0. The first-order chi connectivity index (χ1) is 13.0. The molecule has 1 amide bonds. The van der Waals surface area contributed by atoms with Gasteiger partial charge in [0.25, 0.3) is 11.5 Å². The zero-order valence-electron chi connectivity index (χ0n) is 14.5. The summed E-state index contributed by atoms with van der Waals surface area (Å²) in [6.45, 7) is 1.89. The van der Waals surface area contributed by atoms with Gasteiger partial charge in [0.2, 0.25) is 0 Å². The fourth-order valence-corrected chi connectivity index (χ4v) is 2.83. The average molecular weight is 363 g/mol. The van der Waals surface area contributed by atoms with Crippen LogP contribution in [0.5, 0.6) is 0 Å². The smallest absolute Gasteiger partial charge is 0.270 e. The van der Waals surface area contributed by atoms with E-state index < -0.39 is 12.0 Å². The molecule has 0 fully saturated rings. The first-order valence-electron chi connectivity index (χ1n) is 8.43. The summed E-state index contributed by atoms with van der Waals surface area (Å²) in [5.74, 6) is -0.444. The molecule has 0 aliphatic carbocycles. The maximum absolute atomic E-state index is 12.4. The summed E-state index contributed by atoms with van der Waals surface area (Å²) in [6, 6.07) is 9.96. The van der Waals surface area contributed by atoms with Crippen molar-refractivity contribution < 1.29 is 9.90 Å². The number of hydrogen-bond acceptors (Lipinski definition) is 5. The normalized spacial score (nSPS) is 12.4. The topological polar surface area (TPSA) is 101 Å². The van der Waals surface area contributed by atoms with Crippen LogP contribution in [0.15, 0.2) is 59.8 Å². The van der Waals surface area contributed by atoms with Crippen molar-refractivity contribution in [3.8, 4) is 0 Å². The van der Waals surface area contributed by atoms with Crippen molar-refractivity contribution in [1.29, 1.82) is 0 Å². The molecule has 1 unspecified atom stereocenters. The molecule has 0 spiro atoms. The predicted molar refractivity (Wildman–Crippen MR) is 98.5 cm³/mol. The quantitative estimate of drug-likeness (QED) is 0.570. The number of carbonyl (C=O) groups is 1. The largest absolute Gasteiger partial charge is 0.389 e. The second kappa shape index (κ2) is 6.65. The number of hydrogen-bond donors (Lipinski definition) is 2. The minimum Gasteiger partial charge on any atom is -0.389 e. The Kier molecular flexibility index (Phi) is 4.17. The van der Waals surface area contributed by atoms with Gasteiger partial charge in [0.1, 0.15) is 17.0 Å². The highest BCUT2D eigenvalue weighted by Gasteiger charge is 2.12. The molecule has 0 aromatic carbocycles. The third-order valence-corrected chi connectivity index (χ3v) is 4.24. The van der Waals surface area contributed by atoms with Crippen LogP contribution in [0.2, 0.25) is 0 Å². The molecule has 0 bridgehead atoms. The summed E-state index contributed by atoms with van der Waals surface area (Å²) in [4.78, 5) is 33.1. The van der Waals surface area contributed by atoms with E-state index in [9.17, 15) is 14.7 Å². The van der Waals surface area contributed by atoms with E-state index in [0.29, 0.717) is 17.0 Å². The lowest BCUT2D eigenvalue weighted by Gasteiger charge is -2.04. The van der Waals surface area contributed by atoms with Crippen LogP contribution < -0.4 is 10.9 Å². The molecule has 4 aromatic heterocycles. The predicted octanol–water partition coefficient (Wildman–Crippen LogP) is 1.33. The Morgan fingerprint density at radius 1 is 1.19 bits per heavy atom. The van der Waals surface area contributed by atoms with Gasteiger partial charge in [-0.05, 0) is 30.7 Å². The average Bonchev–Trinajstić information content (AvgIpc) is 3.08. The maximum Gasteiger partial charge on any atom is 0.270 e. The third kappa shape index (κ3) is 3.30. The number of aliphatic hydroxyl groups excluding tert-OH is 1. The molecule has 136 valence electrons. The van der Waals surface area contributed by atoms with Gasteiger partial charge < -0.3 is 14.8 Å². The van der Waals surface area contributed by atoms with E-state index in [1.807, 2.05) is 6.07 Å². The SMILES string of the molecule is CC(O)c1ccc2nc(CNC(=O)c3cc(=O)n4ccccc4n3)cn2c1. The number of imidazole rings is 1. The van der Waals surface area contributed by atoms with Gasteiger partial charge >= 0.3 is 0 Å². The first-order valence-corrected chi connectivity index (χ1v) is 8.43. The molecule has 27 heavy (non-hydrogen) atoms. The van der Waals surface area contributed by atoms with Crippen LogP contribution in [-0.4, -0.2) is 29.8 Å². The van der Waals surface area contributed by atoms with E-state index >= 15 is 0 Å². The molecule has 4 aromatic rings. The fraction of sp³-hybridized carbons (Fsp3) is 0.158. The minimum atomic E-state index is -0.571. The van der Waals surface area contributed by atoms with Crippen molar-refractivity contribution in [2.24, 2.45) is 0 Å². The summed E-state index contributed by atoms with van der Waals surface area (Å²) in [5, 5.41) is 12.4. The first kappa shape index (κ1) is 16.9. The molecule has 0 aliphatic rings. The molecule has 0 saturated heterocycles. The molecule has 2 N–H and O–H groups in total. The highest BCUT2D eigenvalue weighted by Crippen LogP contribution is 2.14.